The molecule has 1 atom stereocenters. The van der Waals surface area contributed by atoms with Gasteiger partial charge in [0, 0.05) is 12.3 Å². The Kier molecular flexibility index (Phi) is 3.53. The van der Waals surface area contributed by atoms with Crippen molar-refractivity contribution >= 4 is 16.9 Å². The van der Waals surface area contributed by atoms with Gasteiger partial charge in [0.05, 0.1) is 12.2 Å². The highest BCUT2D eigenvalue weighted by Gasteiger charge is 2.12. The Morgan fingerprint density at radius 1 is 1.50 bits per heavy atom. The quantitative estimate of drug-likeness (QED) is 0.859. The SMILES string of the molecule is Cc1nc(CNC2=NCC(C)CS2)oc1C. The third-order valence-corrected chi connectivity index (χ3v) is 3.80. The highest BCUT2D eigenvalue weighted by atomic mass is 32.2. The Labute approximate surface area is 99.9 Å². The monoisotopic (exact) mass is 239 g/mol. The Morgan fingerprint density at radius 2 is 2.31 bits per heavy atom. The van der Waals surface area contributed by atoms with Gasteiger partial charge in [-0.15, -0.1) is 0 Å². The van der Waals surface area contributed by atoms with Gasteiger partial charge in [-0.05, 0) is 19.8 Å². The van der Waals surface area contributed by atoms with Crippen LogP contribution in [0, 0.1) is 19.8 Å². The Hall–Kier alpha value is -0.970. The molecule has 0 fully saturated rings. The van der Waals surface area contributed by atoms with Crippen molar-refractivity contribution in [1.82, 2.24) is 10.3 Å². The van der Waals surface area contributed by atoms with E-state index in [2.05, 4.69) is 22.2 Å². The lowest BCUT2D eigenvalue weighted by molar-refractivity contribution is 0.465. The average molecular weight is 239 g/mol. The largest absolute Gasteiger partial charge is 0.444 e. The van der Waals surface area contributed by atoms with Gasteiger partial charge in [-0.3, -0.25) is 4.99 Å². The van der Waals surface area contributed by atoms with Crippen LogP contribution in [0.2, 0.25) is 0 Å². The molecule has 0 aliphatic carbocycles. The van der Waals surface area contributed by atoms with Crippen molar-refractivity contribution in [3.05, 3.63) is 17.3 Å². The van der Waals surface area contributed by atoms with Gasteiger partial charge in [0.1, 0.15) is 5.76 Å². The summed E-state index contributed by atoms with van der Waals surface area (Å²) >= 11 is 1.77. The van der Waals surface area contributed by atoms with Gasteiger partial charge in [0.25, 0.3) is 0 Å². The van der Waals surface area contributed by atoms with E-state index in [0.29, 0.717) is 12.5 Å². The zero-order valence-electron chi connectivity index (χ0n) is 9.91. The second kappa shape index (κ2) is 4.91. The summed E-state index contributed by atoms with van der Waals surface area (Å²) in [5.74, 6) is 3.44. The second-order valence-corrected chi connectivity index (χ2v) is 5.17. The molecule has 0 amide bonds. The summed E-state index contributed by atoms with van der Waals surface area (Å²) in [6, 6.07) is 0. The molecule has 0 radical (unpaired) electrons. The number of amidine groups is 1. The molecule has 2 heterocycles. The van der Waals surface area contributed by atoms with E-state index < -0.39 is 0 Å². The van der Waals surface area contributed by atoms with Crippen molar-refractivity contribution in [2.75, 3.05) is 12.3 Å². The van der Waals surface area contributed by atoms with Crippen LogP contribution in [0.25, 0.3) is 0 Å². The number of aliphatic imine (C=N–C) groups is 1. The van der Waals surface area contributed by atoms with Crippen molar-refractivity contribution in [3.63, 3.8) is 0 Å². The van der Waals surface area contributed by atoms with Crippen LogP contribution in [0.15, 0.2) is 9.41 Å². The molecule has 16 heavy (non-hydrogen) atoms. The molecule has 0 saturated heterocycles. The van der Waals surface area contributed by atoms with Crippen molar-refractivity contribution in [2.45, 2.75) is 27.3 Å². The van der Waals surface area contributed by atoms with Crippen LogP contribution in [0.1, 0.15) is 24.3 Å². The third-order valence-electron chi connectivity index (χ3n) is 2.51. The van der Waals surface area contributed by atoms with Crippen molar-refractivity contribution in [1.29, 1.82) is 0 Å². The molecule has 4 nitrogen and oxygen atoms in total. The molecule has 5 heteroatoms. The zero-order chi connectivity index (χ0) is 11.5. The van der Waals surface area contributed by atoms with Gasteiger partial charge < -0.3 is 9.73 Å². The number of nitrogens with one attached hydrogen (secondary N) is 1. The first-order chi connectivity index (χ1) is 7.65. The van der Waals surface area contributed by atoms with Crippen molar-refractivity contribution < 1.29 is 4.42 Å². The molecular weight excluding hydrogens is 222 g/mol. The first-order valence-electron chi connectivity index (χ1n) is 5.49. The maximum atomic E-state index is 5.49. The predicted octanol–water partition coefficient (Wildman–Crippen LogP) is 2.12. The van der Waals surface area contributed by atoms with E-state index in [4.69, 9.17) is 4.42 Å². The molecule has 2 rings (SSSR count). The van der Waals surface area contributed by atoms with Gasteiger partial charge in [0.2, 0.25) is 5.89 Å². The second-order valence-electron chi connectivity index (χ2n) is 4.16. The molecule has 1 aliphatic rings. The van der Waals surface area contributed by atoms with E-state index >= 15 is 0 Å². The Bertz CT molecular complexity index is 380. The van der Waals surface area contributed by atoms with Crippen molar-refractivity contribution in [3.8, 4) is 0 Å². The lowest BCUT2D eigenvalue weighted by Gasteiger charge is -2.17. The number of oxazole rings is 1. The molecular formula is C11H17N3OS. The van der Waals surface area contributed by atoms with Crippen LogP contribution < -0.4 is 5.32 Å². The highest BCUT2D eigenvalue weighted by molar-refractivity contribution is 8.13. The van der Waals surface area contributed by atoms with Crippen LogP contribution in [0.4, 0.5) is 0 Å². The summed E-state index contributed by atoms with van der Waals surface area (Å²) in [5.41, 5.74) is 0.962. The minimum absolute atomic E-state index is 0.620. The molecule has 0 spiro atoms. The smallest absolute Gasteiger partial charge is 0.213 e. The summed E-state index contributed by atoms with van der Waals surface area (Å²) < 4.78 is 5.49. The number of aryl methyl sites for hydroxylation is 2. The van der Waals surface area contributed by atoms with Gasteiger partial charge in [-0.25, -0.2) is 4.98 Å². The van der Waals surface area contributed by atoms with Crippen molar-refractivity contribution in [2.24, 2.45) is 10.9 Å². The minimum atomic E-state index is 0.620. The van der Waals surface area contributed by atoms with Crippen LogP contribution in [0.3, 0.4) is 0 Å². The maximum Gasteiger partial charge on any atom is 0.213 e. The van der Waals surface area contributed by atoms with Crippen LogP contribution in [-0.2, 0) is 6.54 Å². The molecule has 1 aromatic heterocycles. The summed E-state index contributed by atoms with van der Waals surface area (Å²) in [6.45, 7) is 7.64. The van der Waals surface area contributed by atoms with E-state index in [-0.39, 0.29) is 0 Å². The molecule has 0 aromatic carbocycles. The van der Waals surface area contributed by atoms with Crippen LogP contribution >= 0.6 is 11.8 Å². The molecule has 1 aliphatic heterocycles. The highest BCUT2D eigenvalue weighted by Crippen LogP contribution is 2.16. The molecule has 0 saturated carbocycles. The zero-order valence-corrected chi connectivity index (χ0v) is 10.7. The first kappa shape index (κ1) is 11.5. The van der Waals surface area contributed by atoms with E-state index in [1.807, 2.05) is 13.8 Å². The number of rotatable bonds is 2. The normalized spacial score (nSPS) is 20.7. The van der Waals surface area contributed by atoms with Crippen LogP contribution in [0.5, 0.6) is 0 Å². The van der Waals surface area contributed by atoms with E-state index in [1.54, 1.807) is 11.8 Å². The van der Waals surface area contributed by atoms with Gasteiger partial charge in [-0.1, -0.05) is 18.7 Å². The number of thioether (sulfide) groups is 1. The van der Waals surface area contributed by atoms with E-state index in [0.717, 1.165) is 34.8 Å². The average Bonchev–Trinajstić information content (AvgIpc) is 2.58. The minimum Gasteiger partial charge on any atom is -0.444 e. The summed E-state index contributed by atoms with van der Waals surface area (Å²) in [7, 11) is 0. The summed E-state index contributed by atoms with van der Waals surface area (Å²) in [5, 5.41) is 4.26. The molecule has 0 bridgehead atoms. The summed E-state index contributed by atoms with van der Waals surface area (Å²) in [4.78, 5) is 8.77. The number of hydrogen-bond donors (Lipinski definition) is 1. The summed E-state index contributed by atoms with van der Waals surface area (Å²) in [6.07, 6.45) is 0. The third kappa shape index (κ3) is 2.78. The topological polar surface area (TPSA) is 50.4 Å². The Balaban J connectivity index is 1.88. The molecule has 88 valence electrons. The lowest BCUT2D eigenvalue weighted by Crippen LogP contribution is -2.25. The fraction of sp³-hybridized carbons (Fsp3) is 0.636. The van der Waals surface area contributed by atoms with Crippen LogP contribution in [-0.4, -0.2) is 22.4 Å². The maximum absolute atomic E-state index is 5.49. The Morgan fingerprint density at radius 3 is 2.88 bits per heavy atom. The van der Waals surface area contributed by atoms with Gasteiger partial charge in [0.15, 0.2) is 5.17 Å². The van der Waals surface area contributed by atoms with E-state index in [1.165, 1.54) is 0 Å². The first-order valence-corrected chi connectivity index (χ1v) is 6.47. The number of nitrogens with zero attached hydrogens (tertiary/aromatic N) is 2. The number of hydrogen-bond acceptors (Lipinski definition) is 5. The fourth-order valence-electron chi connectivity index (χ4n) is 1.43. The number of aromatic nitrogens is 1. The standard InChI is InChI=1S/C11H17N3OS/c1-7-4-12-11(16-6-7)13-5-10-14-8(2)9(3)15-10/h7H,4-6H2,1-3H3,(H,12,13). The molecule has 1 aromatic rings. The molecule has 1 unspecified atom stereocenters. The van der Waals surface area contributed by atoms with Gasteiger partial charge in [-0.2, -0.15) is 0 Å². The van der Waals surface area contributed by atoms with Gasteiger partial charge >= 0.3 is 0 Å². The predicted molar refractivity (Wildman–Crippen MR) is 66.7 cm³/mol. The molecule has 1 N–H and O–H groups in total. The lowest BCUT2D eigenvalue weighted by atomic mass is 10.2. The van der Waals surface area contributed by atoms with E-state index in [9.17, 15) is 0 Å². The fourth-order valence-corrected chi connectivity index (χ4v) is 2.32.